The zero-order valence-corrected chi connectivity index (χ0v) is 5.95. The van der Waals surface area contributed by atoms with Gasteiger partial charge in [0.15, 0.2) is 0 Å². The molecular formula is C6H15LiO4. The summed E-state index contributed by atoms with van der Waals surface area (Å²) in [5, 5.41) is 16.5. The monoisotopic (exact) mass is 158 g/mol. The summed E-state index contributed by atoms with van der Waals surface area (Å²) in [7, 11) is 0. The van der Waals surface area contributed by atoms with Crippen LogP contribution in [0.1, 0.15) is 0 Å². The molecule has 0 aromatic rings. The van der Waals surface area contributed by atoms with Crippen molar-refractivity contribution < 1.29 is 19.7 Å². The van der Waals surface area contributed by atoms with Crippen LogP contribution in [0.2, 0.25) is 0 Å². The van der Waals surface area contributed by atoms with Crippen molar-refractivity contribution in [1.82, 2.24) is 0 Å². The Morgan fingerprint density at radius 3 is 1.36 bits per heavy atom. The quantitative estimate of drug-likeness (QED) is 0.344. The maximum atomic E-state index is 8.26. The molecule has 0 heterocycles. The Hall–Kier alpha value is 0.437. The van der Waals surface area contributed by atoms with E-state index in [0.29, 0.717) is 26.4 Å². The fourth-order valence-corrected chi connectivity index (χ4v) is 0.451. The molecule has 4 nitrogen and oxygen atoms in total. The third kappa shape index (κ3) is 13.4. The zero-order chi connectivity index (χ0) is 7.66. The molecule has 0 spiro atoms. The van der Waals surface area contributed by atoms with Gasteiger partial charge in [-0.3, -0.25) is 0 Å². The Bertz CT molecular complexity index is 54.5. The second-order valence-corrected chi connectivity index (χ2v) is 1.67. The molecule has 0 fully saturated rings. The van der Waals surface area contributed by atoms with E-state index in [1.807, 2.05) is 0 Å². The van der Waals surface area contributed by atoms with Crippen LogP contribution < -0.4 is 0 Å². The van der Waals surface area contributed by atoms with Crippen molar-refractivity contribution in [3.63, 3.8) is 0 Å². The van der Waals surface area contributed by atoms with Crippen molar-refractivity contribution in [2.24, 2.45) is 0 Å². The second-order valence-electron chi connectivity index (χ2n) is 1.67. The molecule has 0 aliphatic heterocycles. The molecule has 0 aromatic heterocycles. The third-order valence-corrected chi connectivity index (χ3v) is 0.843. The van der Waals surface area contributed by atoms with Gasteiger partial charge in [-0.2, -0.15) is 0 Å². The molecule has 0 rings (SSSR count). The normalized spacial score (nSPS) is 9.27. The van der Waals surface area contributed by atoms with Crippen molar-refractivity contribution in [2.45, 2.75) is 0 Å². The van der Waals surface area contributed by atoms with E-state index in [9.17, 15) is 0 Å². The first-order valence-corrected chi connectivity index (χ1v) is 3.29. The summed E-state index contributed by atoms with van der Waals surface area (Å²) in [4.78, 5) is 0. The van der Waals surface area contributed by atoms with Gasteiger partial charge in [-0.25, -0.2) is 0 Å². The van der Waals surface area contributed by atoms with Gasteiger partial charge in [0, 0.05) is 0 Å². The molecule has 0 aliphatic rings. The van der Waals surface area contributed by atoms with E-state index >= 15 is 0 Å². The van der Waals surface area contributed by atoms with Crippen molar-refractivity contribution in [3.05, 3.63) is 0 Å². The van der Waals surface area contributed by atoms with Gasteiger partial charge < -0.3 is 19.7 Å². The molecule has 5 heteroatoms. The summed E-state index contributed by atoms with van der Waals surface area (Å²) in [6.07, 6.45) is 0. The van der Waals surface area contributed by atoms with E-state index in [1.165, 1.54) is 0 Å². The van der Waals surface area contributed by atoms with Crippen LogP contribution in [0.4, 0.5) is 0 Å². The number of hydrogen-bond acceptors (Lipinski definition) is 4. The van der Waals surface area contributed by atoms with Crippen LogP contribution in [0.25, 0.3) is 0 Å². The minimum absolute atomic E-state index is 0. The van der Waals surface area contributed by atoms with Crippen molar-refractivity contribution in [3.8, 4) is 0 Å². The predicted molar refractivity (Wildman–Crippen MR) is 43.0 cm³/mol. The standard InChI is InChI=1S/C6H14O4.Li.H/c7-1-3-9-5-6-10-4-2-8;;/h7-8H,1-6H2;;. The molecule has 0 aliphatic carbocycles. The Morgan fingerprint density at radius 2 is 1.09 bits per heavy atom. The summed E-state index contributed by atoms with van der Waals surface area (Å²) in [5.41, 5.74) is 0. The molecule has 64 valence electrons. The van der Waals surface area contributed by atoms with Gasteiger partial charge in [0.2, 0.25) is 0 Å². The van der Waals surface area contributed by atoms with Gasteiger partial charge in [0.05, 0.1) is 39.6 Å². The van der Waals surface area contributed by atoms with Crippen LogP contribution in [-0.4, -0.2) is 68.7 Å². The van der Waals surface area contributed by atoms with Crippen LogP contribution in [0.3, 0.4) is 0 Å². The van der Waals surface area contributed by atoms with E-state index in [1.54, 1.807) is 0 Å². The molecule has 0 atom stereocenters. The van der Waals surface area contributed by atoms with E-state index in [4.69, 9.17) is 19.7 Å². The molecular weight excluding hydrogens is 143 g/mol. The first kappa shape index (κ1) is 14.0. The van der Waals surface area contributed by atoms with Crippen LogP contribution in [0, 0.1) is 0 Å². The summed E-state index contributed by atoms with van der Waals surface area (Å²) in [5.74, 6) is 0. The van der Waals surface area contributed by atoms with E-state index in [-0.39, 0.29) is 32.1 Å². The van der Waals surface area contributed by atoms with Crippen LogP contribution in [-0.2, 0) is 9.47 Å². The van der Waals surface area contributed by atoms with Gasteiger partial charge >= 0.3 is 18.9 Å². The minimum atomic E-state index is 0. The van der Waals surface area contributed by atoms with E-state index in [2.05, 4.69) is 0 Å². The van der Waals surface area contributed by atoms with Crippen molar-refractivity contribution >= 4 is 18.9 Å². The summed E-state index contributed by atoms with van der Waals surface area (Å²) in [6.45, 7) is 1.73. The number of aliphatic hydroxyl groups excluding tert-OH is 2. The van der Waals surface area contributed by atoms with Crippen molar-refractivity contribution in [1.29, 1.82) is 0 Å². The topological polar surface area (TPSA) is 58.9 Å². The van der Waals surface area contributed by atoms with Crippen LogP contribution in [0.15, 0.2) is 0 Å². The fraction of sp³-hybridized carbons (Fsp3) is 1.00. The van der Waals surface area contributed by atoms with Crippen LogP contribution >= 0.6 is 0 Å². The molecule has 0 aromatic carbocycles. The zero-order valence-electron chi connectivity index (χ0n) is 5.95. The van der Waals surface area contributed by atoms with Gasteiger partial charge in [0.25, 0.3) is 0 Å². The van der Waals surface area contributed by atoms with Gasteiger partial charge in [0.1, 0.15) is 0 Å². The molecule has 0 radical (unpaired) electrons. The third-order valence-electron chi connectivity index (χ3n) is 0.843. The average molecular weight is 158 g/mol. The number of rotatable bonds is 7. The summed E-state index contributed by atoms with van der Waals surface area (Å²) < 4.78 is 9.75. The molecule has 0 saturated carbocycles. The number of aliphatic hydroxyl groups is 2. The number of ether oxygens (including phenoxy) is 2. The van der Waals surface area contributed by atoms with E-state index in [0.717, 1.165) is 0 Å². The maximum absolute atomic E-state index is 8.26. The van der Waals surface area contributed by atoms with Gasteiger partial charge in [-0.1, -0.05) is 0 Å². The Labute approximate surface area is 78.7 Å². The Balaban J connectivity index is 0. The number of hydrogen-bond donors (Lipinski definition) is 2. The fourth-order valence-electron chi connectivity index (χ4n) is 0.451. The second kappa shape index (κ2) is 13.1. The SMILES string of the molecule is OCCOCCOCCO.[LiH]. The average Bonchev–Trinajstić information content (AvgIpc) is 1.97. The first-order chi connectivity index (χ1) is 4.91. The summed E-state index contributed by atoms with van der Waals surface area (Å²) in [6, 6.07) is 0. The van der Waals surface area contributed by atoms with Gasteiger partial charge in [-0.05, 0) is 0 Å². The first-order valence-electron chi connectivity index (χ1n) is 3.29. The molecule has 0 unspecified atom stereocenters. The molecule has 0 bridgehead atoms. The Kier molecular flexibility index (Phi) is 16.6. The molecule has 0 amide bonds. The molecule has 11 heavy (non-hydrogen) atoms. The van der Waals surface area contributed by atoms with Crippen LogP contribution in [0.5, 0.6) is 0 Å². The summed E-state index contributed by atoms with van der Waals surface area (Å²) >= 11 is 0. The molecule has 0 saturated heterocycles. The predicted octanol–water partition coefficient (Wildman–Crippen LogP) is -1.64. The van der Waals surface area contributed by atoms with E-state index < -0.39 is 0 Å². The Morgan fingerprint density at radius 1 is 0.727 bits per heavy atom. The van der Waals surface area contributed by atoms with Crippen molar-refractivity contribution in [2.75, 3.05) is 39.6 Å². The molecule has 2 N–H and O–H groups in total. The van der Waals surface area contributed by atoms with Gasteiger partial charge in [-0.15, -0.1) is 0 Å².